The molecule has 0 aromatic heterocycles. The van der Waals surface area contributed by atoms with Crippen LogP contribution in [0.5, 0.6) is 17.2 Å². The first-order valence-electron chi connectivity index (χ1n) is 6.41. The zero-order chi connectivity index (χ0) is 13.2. The number of fused-ring (bicyclic) bond motifs is 2. The highest BCUT2D eigenvalue weighted by Gasteiger charge is 2.16. The molecule has 0 aliphatic carbocycles. The predicted molar refractivity (Wildman–Crippen MR) is 72.8 cm³/mol. The normalized spacial score (nSPS) is 14.4. The van der Waals surface area contributed by atoms with Crippen molar-refractivity contribution in [3.63, 3.8) is 0 Å². The van der Waals surface area contributed by atoms with Gasteiger partial charge in [-0.3, -0.25) is 0 Å². The number of hydrogen-bond donors (Lipinski definition) is 1. The number of benzene rings is 2. The van der Waals surface area contributed by atoms with Crippen LogP contribution in [0.4, 0.5) is 0 Å². The molecule has 1 aliphatic rings. The molecule has 2 aromatic carbocycles. The molecule has 3 heteroatoms. The minimum atomic E-state index is 0.0902. The van der Waals surface area contributed by atoms with Gasteiger partial charge in [0.2, 0.25) is 0 Å². The number of rotatable bonds is 2. The van der Waals surface area contributed by atoms with Gasteiger partial charge in [-0.1, -0.05) is 31.2 Å². The van der Waals surface area contributed by atoms with Crippen LogP contribution >= 0.6 is 0 Å². The first kappa shape index (κ1) is 12.1. The van der Waals surface area contributed by atoms with Crippen LogP contribution in [-0.4, -0.2) is 11.7 Å². The van der Waals surface area contributed by atoms with Crippen molar-refractivity contribution in [3.8, 4) is 17.2 Å². The molecule has 19 heavy (non-hydrogen) atoms. The Morgan fingerprint density at radius 3 is 2.79 bits per heavy atom. The molecule has 1 N–H and O–H groups in total. The van der Waals surface area contributed by atoms with E-state index in [4.69, 9.17) is 9.47 Å². The Labute approximate surface area is 112 Å². The topological polar surface area (TPSA) is 38.7 Å². The van der Waals surface area contributed by atoms with Gasteiger partial charge in [-0.2, -0.15) is 0 Å². The molecule has 0 radical (unpaired) electrons. The lowest BCUT2D eigenvalue weighted by atomic mass is 10.0. The van der Waals surface area contributed by atoms with Crippen molar-refractivity contribution in [1.82, 2.24) is 0 Å². The van der Waals surface area contributed by atoms with Crippen LogP contribution in [0.3, 0.4) is 0 Å². The summed E-state index contributed by atoms with van der Waals surface area (Å²) in [6.07, 6.45) is 0. The molecule has 1 aliphatic heterocycles. The van der Waals surface area contributed by atoms with E-state index in [0.717, 1.165) is 22.6 Å². The molecule has 0 saturated heterocycles. The van der Waals surface area contributed by atoms with Crippen LogP contribution in [0, 0.1) is 0 Å². The molecular weight excluding hydrogens is 240 g/mol. The Bertz CT molecular complexity index is 592. The molecule has 0 bridgehead atoms. The summed E-state index contributed by atoms with van der Waals surface area (Å²) in [6.45, 7) is 2.61. The van der Waals surface area contributed by atoms with Crippen LogP contribution in [0.15, 0.2) is 42.5 Å². The lowest BCUT2D eigenvalue weighted by Gasteiger charge is -2.12. The van der Waals surface area contributed by atoms with E-state index in [1.165, 1.54) is 0 Å². The summed E-state index contributed by atoms with van der Waals surface area (Å²) >= 11 is 0. The molecule has 0 saturated carbocycles. The number of aliphatic hydroxyl groups is 1. The number of ether oxygens (including phenoxy) is 2. The summed E-state index contributed by atoms with van der Waals surface area (Å²) in [5.74, 6) is 2.37. The van der Waals surface area contributed by atoms with Crippen LogP contribution in [0.1, 0.15) is 24.0 Å². The van der Waals surface area contributed by atoms with Gasteiger partial charge >= 0.3 is 0 Å². The van der Waals surface area contributed by atoms with Gasteiger partial charge in [0.15, 0.2) is 11.5 Å². The summed E-state index contributed by atoms with van der Waals surface area (Å²) in [5.41, 5.74) is 2.08. The van der Waals surface area contributed by atoms with E-state index in [-0.39, 0.29) is 12.5 Å². The minimum absolute atomic E-state index is 0.0902. The van der Waals surface area contributed by atoms with E-state index in [2.05, 4.69) is 0 Å². The molecule has 0 fully saturated rings. The molecule has 3 nitrogen and oxygen atoms in total. The van der Waals surface area contributed by atoms with Crippen molar-refractivity contribution in [3.05, 3.63) is 53.6 Å². The van der Waals surface area contributed by atoms with Gasteiger partial charge in [0.1, 0.15) is 12.4 Å². The Morgan fingerprint density at radius 2 is 1.95 bits per heavy atom. The van der Waals surface area contributed by atoms with Gasteiger partial charge in [0, 0.05) is 18.1 Å². The molecule has 1 atom stereocenters. The van der Waals surface area contributed by atoms with Crippen LogP contribution in [0.2, 0.25) is 0 Å². The van der Waals surface area contributed by atoms with Gasteiger partial charge in [0.25, 0.3) is 0 Å². The van der Waals surface area contributed by atoms with Crippen molar-refractivity contribution in [2.75, 3.05) is 6.61 Å². The molecule has 0 amide bonds. The highest BCUT2D eigenvalue weighted by atomic mass is 16.5. The predicted octanol–water partition coefficient (Wildman–Crippen LogP) is 3.47. The molecule has 2 aromatic rings. The number of aliphatic hydroxyl groups excluding tert-OH is 1. The smallest absolute Gasteiger partial charge is 0.169 e. The summed E-state index contributed by atoms with van der Waals surface area (Å²) in [5, 5.41) is 9.23. The fourth-order valence-corrected chi connectivity index (χ4v) is 2.13. The van der Waals surface area contributed by atoms with Crippen LogP contribution in [0.25, 0.3) is 0 Å². The van der Waals surface area contributed by atoms with Gasteiger partial charge in [-0.15, -0.1) is 0 Å². The van der Waals surface area contributed by atoms with Crippen LogP contribution < -0.4 is 9.47 Å². The first-order chi connectivity index (χ1) is 9.28. The quantitative estimate of drug-likeness (QED) is 0.894. The third-order valence-corrected chi connectivity index (χ3v) is 3.39. The Morgan fingerprint density at radius 1 is 1.11 bits per heavy atom. The van der Waals surface area contributed by atoms with E-state index in [0.29, 0.717) is 12.4 Å². The third kappa shape index (κ3) is 2.29. The van der Waals surface area contributed by atoms with Gasteiger partial charge in [-0.25, -0.2) is 0 Å². The highest BCUT2D eigenvalue weighted by molar-refractivity contribution is 5.49. The average Bonchev–Trinajstić information content (AvgIpc) is 2.64. The van der Waals surface area contributed by atoms with E-state index < -0.39 is 0 Å². The number of para-hydroxylation sites is 1. The van der Waals surface area contributed by atoms with Crippen molar-refractivity contribution >= 4 is 0 Å². The molecule has 98 valence electrons. The highest BCUT2D eigenvalue weighted by Crippen LogP contribution is 2.38. The summed E-state index contributed by atoms with van der Waals surface area (Å²) < 4.78 is 11.7. The molecule has 0 unspecified atom stereocenters. The fourth-order valence-electron chi connectivity index (χ4n) is 2.13. The van der Waals surface area contributed by atoms with E-state index in [1.807, 2.05) is 49.4 Å². The van der Waals surface area contributed by atoms with Crippen molar-refractivity contribution in [2.45, 2.75) is 19.4 Å². The molecule has 3 rings (SSSR count). The van der Waals surface area contributed by atoms with E-state index in [9.17, 15) is 5.11 Å². The maximum atomic E-state index is 9.23. The molecular formula is C16H16O3. The molecule has 0 spiro atoms. The third-order valence-electron chi connectivity index (χ3n) is 3.39. The van der Waals surface area contributed by atoms with E-state index >= 15 is 0 Å². The maximum Gasteiger partial charge on any atom is 0.169 e. The lowest BCUT2D eigenvalue weighted by molar-refractivity contribution is 0.272. The average molecular weight is 256 g/mol. The Balaban J connectivity index is 2.00. The SMILES string of the molecule is C[C@H](CO)c1ccc2c(c1)Oc1ccccc1CO2. The Kier molecular flexibility index (Phi) is 3.13. The second-order valence-corrected chi connectivity index (χ2v) is 4.79. The largest absolute Gasteiger partial charge is 0.485 e. The van der Waals surface area contributed by atoms with Gasteiger partial charge in [-0.05, 0) is 23.8 Å². The zero-order valence-electron chi connectivity index (χ0n) is 10.8. The van der Waals surface area contributed by atoms with E-state index in [1.54, 1.807) is 0 Å². The summed E-state index contributed by atoms with van der Waals surface area (Å²) in [6, 6.07) is 13.7. The van der Waals surface area contributed by atoms with Crippen molar-refractivity contribution < 1.29 is 14.6 Å². The Hall–Kier alpha value is -2.00. The van der Waals surface area contributed by atoms with Gasteiger partial charge in [0.05, 0.1) is 0 Å². The standard InChI is InChI=1S/C16H16O3/c1-11(9-17)12-6-7-15-16(8-12)19-14-5-3-2-4-13(14)10-18-15/h2-8,11,17H,9-10H2,1H3/t11-/m1/s1. The monoisotopic (exact) mass is 256 g/mol. The van der Waals surface area contributed by atoms with Crippen LogP contribution in [-0.2, 0) is 6.61 Å². The first-order valence-corrected chi connectivity index (χ1v) is 6.41. The fraction of sp³-hybridized carbons (Fsp3) is 0.250. The minimum Gasteiger partial charge on any atom is -0.485 e. The lowest BCUT2D eigenvalue weighted by Crippen LogP contribution is -1.99. The maximum absolute atomic E-state index is 9.23. The zero-order valence-corrected chi connectivity index (χ0v) is 10.8. The van der Waals surface area contributed by atoms with Gasteiger partial charge < -0.3 is 14.6 Å². The summed E-state index contributed by atoms with van der Waals surface area (Å²) in [4.78, 5) is 0. The molecule has 1 heterocycles. The number of hydrogen-bond acceptors (Lipinski definition) is 3. The van der Waals surface area contributed by atoms with Crippen molar-refractivity contribution in [2.24, 2.45) is 0 Å². The second-order valence-electron chi connectivity index (χ2n) is 4.79. The second kappa shape index (κ2) is 4.94. The summed E-state index contributed by atoms with van der Waals surface area (Å²) in [7, 11) is 0. The van der Waals surface area contributed by atoms with Crippen molar-refractivity contribution in [1.29, 1.82) is 0 Å².